The van der Waals surface area contributed by atoms with Crippen LogP contribution in [0.4, 0.5) is 4.39 Å². The summed E-state index contributed by atoms with van der Waals surface area (Å²) in [7, 11) is -2.64. The van der Waals surface area contributed by atoms with E-state index in [1.807, 2.05) is 18.2 Å². The maximum atomic E-state index is 13.7. The third kappa shape index (κ3) is 3.83. The molecule has 1 N–H and O–H groups in total. The molecule has 0 bridgehead atoms. The molecule has 0 radical (unpaired) electrons. The molecule has 0 fully saturated rings. The lowest BCUT2D eigenvalue weighted by molar-refractivity contribution is 0.375. The zero-order chi connectivity index (χ0) is 17.9. The topological polar surface area (TPSA) is 94.3 Å². The van der Waals surface area contributed by atoms with Crippen molar-refractivity contribution in [3.05, 3.63) is 60.2 Å². The van der Waals surface area contributed by atoms with Crippen molar-refractivity contribution in [3.63, 3.8) is 0 Å². The highest BCUT2D eigenvalue weighted by molar-refractivity contribution is 7.89. The third-order valence-corrected chi connectivity index (χ3v) is 4.75. The van der Waals surface area contributed by atoms with Gasteiger partial charge in [-0.3, -0.25) is 0 Å². The highest BCUT2D eigenvalue weighted by Crippen LogP contribution is 2.21. The Labute approximate surface area is 143 Å². The van der Waals surface area contributed by atoms with Gasteiger partial charge in [-0.2, -0.15) is 4.98 Å². The summed E-state index contributed by atoms with van der Waals surface area (Å²) < 4.78 is 50.2. The summed E-state index contributed by atoms with van der Waals surface area (Å²) in [5.74, 6) is -0.361. The number of nitrogens with zero attached hydrogens (tertiary/aromatic N) is 2. The number of benzene rings is 2. The lowest BCUT2D eigenvalue weighted by Gasteiger charge is -2.06. The van der Waals surface area contributed by atoms with Gasteiger partial charge in [-0.1, -0.05) is 35.5 Å². The van der Waals surface area contributed by atoms with Crippen molar-refractivity contribution < 1.29 is 22.1 Å². The second-order valence-corrected chi connectivity index (χ2v) is 6.77. The summed E-state index contributed by atoms with van der Waals surface area (Å²) in [4.78, 5) is 3.90. The molecule has 9 heteroatoms. The Balaban J connectivity index is 1.72. The summed E-state index contributed by atoms with van der Waals surface area (Å²) >= 11 is 0. The van der Waals surface area contributed by atoms with E-state index in [0.717, 1.165) is 11.6 Å². The number of hydrogen-bond donors (Lipinski definition) is 1. The van der Waals surface area contributed by atoms with E-state index in [9.17, 15) is 12.8 Å². The average molecular weight is 363 g/mol. The van der Waals surface area contributed by atoms with E-state index in [2.05, 4.69) is 14.9 Å². The highest BCUT2D eigenvalue weighted by Gasteiger charge is 2.18. The lowest BCUT2D eigenvalue weighted by Crippen LogP contribution is -2.23. The Morgan fingerprint density at radius 3 is 2.64 bits per heavy atom. The van der Waals surface area contributed by atoms with Crippen LogP contribution in [0, 0.1) is 5.82 Å². The fourth-order valence-corrected chi connectivity index (χ4v) is 3.07. The molecule has 0 aliphatic heterocycles. The van der Waals surface area contributed by atoms with Crippen LogP contribution < -0.4 is 9.46 Å². The van der Waals surface area contributed by atoms with Crippen molar-refractivity contribution in [1.29, 1.82) is 0 Å². The van der Waals surface area contributed by atoms with Gasteiger partial charge >= 0.3 is 0 Å². The molecule has 0 aliphatic carbocycles. The predicted octanol–water partition coefficient (Wildman–Crippen LogP) is 2.36. The van der Waals surface area contributed by atoms with Gasteiger partial charge in [-0.25, -0.2) is 17.5 Å². The largest absolute Gasteiger partial charge is 0.494 e. The van der Waals surface area contributed by atoms with Crippen molar-refractivity contribution in [3.8, 4) is 17.1 Å². The minimum absolute atomic E-state index is 0.0386. The van der Waals surface area contributed by atoms with Gasteiger partial charge < -0.3 is 9.26 Å². The fraction of sp³-hybridized carbons (Fsp3) is 0.125. The first kappa shape index (κ1) is 17.1. The van der Waals surface area contributed by atoms with Crippen molar-refractivity contribution in [1.82, 2.24) is 14.9 Å². The van der Waals surface area contributed by atoms with Crippen molar-refractivity contribution in [2.24, 2.45) is 0 Å². The molecule has 0 saturated heterocycles. The van der Waals surface area contributed by atoms with Crippen molar-refractivity contribution >= 4 is 10.0 Å². The molecular weight excluding hydrogens is 349 g/mol. The first-order valence-corrected chi connectivity index (χ1v) is 8.69. The monoisotopic (exact) mass is 363 g/mol. The van der Waals surface area contributed by atoms with Gasteiger partial charge in [0.15, 0.2) is 11.6 Å². The standard InChI is InChI=1S/C16H14FN3O4S/c1-23-14-8-7-12(9-13(14)17)25(21,22)18-10-15-19-16(20-24-15)11-5-3-2-4-6-11/h2-9,18H,10H2,1H3. The minimum atomic E-state index is -3.93. The van der Waals surface area contributed by atoms with Crippen LogP contribution in [-0.2, 0) is 16.6 Å². The molecule has 0 spiro atoms. The SMILES string of the molecule is COc1ccc(S(=O)(=O)NCc2nc(-c3ccccc3)no2)cc1F. The number of aromatic nitrogens is 2. The van der Waals surface area contributed by atoms with E-state index in [1.165, 1.54) is 19.2 Å². The maximum absolute atomic E-state index is 13.7. The first-order chi connectivity index (χ1) is 12.0. The normalized spacial score (nSPS) is 11.4. The van der Waals surface area contributed by atoms with Crippen LogP contribution >= 0.6 is 0 Å². The Kier molecular flexibility index (Phi) is 4.77. The number of halogens is 1. The summed E-state index contributed by atoms with van der Waals surface area (Å²) in [6, 6.07) is 12.5. The third-order valence-electron chi connectivity index (χ3n) is 3.35. The minimum Gasteiger partial charge on any atom is -0.494 e. The molecule has 130 valence electrons. The van der Waals surface area contributed by atoms with Crippen molar-refractivity contribution in [2.45, 2.75) is 11.4 Å². The summed E-state index contributed by atoms with van der Waals surface area (Å²) in [6.45, 7) is -0.212. The van der Waals surface area contributed by atoms with Crippen LogP contribution in [0.3, 0.4) is 0 Å². The first-order valence-electron chi connectivity index (χ1n) is 7.21. The van der Waals surface area contributed by atoms with Crippen LogP contribution in [0.5, 0.6) is 5.75 Å². The zero-order valence-corrected chi connectivity index (χ0v) is 14.0. The van der Waals surface area contributed by atoms with Gasteiger partial charge in [0.25, 0.3) is 0 Å². The number of methoxy groups -OCH3 is 1. The van der Waals surface area contributed by atoms with Gasteiger partial charge in [-0.15, -0.1) is 0 Å². The van der Waals surface area contributed by atoms with Gasteiger partial charge in [0, 0.05) is 5.56 Å². The van der Waals surface area contributed by atoms with Gasteiger partial charge in [0.05, 0.1) is 18.6 Å². The Morgan fingerprint density at radius 2 is 1.96 bits per heavy atom. The molecule has 0 amide bonds. The zero-order valence-electron chi connectivity index (χ0n) is 13.1. The molecule has 0 aliphatic rings. The van der Waals surface area contributed by atoms with Gasteiger partial charge in [0.2, 0.25) is 21.7 Å². The highest BCUT2D eigenvalue weighted by atomic mass is 32.2. The maximum Gasteiger partial charge on any atom is 0.242 e. The Morgan fingerprint density at radius 1 is 1.20 bits per heavy atom. The molecule has 0 saturated carbocycles. The Hall–Kier alpha value is -2.78. The quantitative estimate of drug-likeness (QED) is 0.722. The average Bonchev–Trinajstić information content (AvgIpc) is 3.10. The molecule has 25 heavy (non-hydrogen) atoms. The second-order valence-electron chi connectivity index (χ2n) is 5.00. The van der Waals surface area contributed by atoms with Crippen LogP contribution in [0.25, 0.3) is 11.4 Å². The number of ether oxygens (including phenoxy) is 1. The van der Waals surface area contributed by atoms with E-state index < -0.39 is 15.8 Å². The molecule has 1 aromatic heterocycles. The summed E-state index contributed by atoms with van der Waals surface area (Å²) in [6.07, 6.45) is 0. The molecular formula is C16H14FN3O4S. The number of nitrogens with one attached hydrogen (secondary N) is 1. The fourth-order valence-electron chi connectivity index (χ4n) is 2.09. The molecule has 2 aromatic carbocycles. The van der Waals surface area contributed by atoms with E-state index >= 15 is 0 Å². The lowest BCUT2D eigenvalue weighted by atomic mass is 10.2. The second kappa shape index (κ2) is 6.99. The van der Waals surface area contributed by atoms with Crippen LogP contribution in [-0.4, -0.2) is 25.7 Å². The van der Waals surface area contributed by atoms with E-state index in [4.69, 9.17) is 9.26 Å². The number of rotatable bonds is 6. The van der Waals surface area contributed by atoms with E-state index in [-0.39, 0.29) is 23.1 Å². The molecule has 7 nitrogen and oxygen atoms in total. The van der Waals surface area contributed by atoms with Crippen molar-refractivity contribution in [2.75, 3.05) is 7.11 Å². The summed E-state index contributed by atoms with van der Waals surface area (Å²) in [5, 5.41) is 3.80. The molecule has 3 aromatic rings. The smallest absolute Gasteiger partial charge is 0.242 e. The predicted molar refractivity (Wildman–Crippen MR) is 86.7 cm³/mol. The van der Waals surface area contributed by atoms with Crippen LogP contribution in [0.1, 0.15) is 5.89 Å². The number of hydrogen-bond acceptors (Lipinski definition) is 6. The molecule has 0 unspecified atom stereocenters. The van der Waals surface area contributed by atoms with E-state index in [1.54, 1.807) is 12.1 Å². The molecule has 3 rings (SSSR count). The number of sulfonamides is 1. The van der Waals surface area contributed by atoms with Crippen LogP contribution in [0.2, 0.25) is 0 Å². The molecule has 1 heterocycles. The molecule has 0 atom stereocenters. The Bertz CT molecular complexity index is 974. The van der Waals surface area contributed by atoms with Gasteiger partial charge in [0.1, 0.15) is 0 Å². The van der Waals surface area contributed by atoms with E-state index in [0.29, 0.717) is 5.82 Å². The summed E-state index contributed by atoms with van der Waals surface area (Å²) in [5.41, 5.74) is 0.748. The van der Waals surface area contributed by atoms with Gasteiger partial charge in [-0.05, 0) is 18.2 Å². The van der Waals surface area contributed by atoms with Crippen LogP contribution in [0.15, 0.2) is 57.9 Å².